The highest BCUT2D eigenvalue weighted by atomic mass is 16.3. The van der Waals surface area contributed by atoms with E-state index < -0.39 is 0 Å². The van der Waals surface area contributed by atoms with Crippen LogP contribution in [0.15, 0.2) is 136 Å². The minimum absolute atomic E-state index is 0.300. The summed E-state index contributed by atoms with van der Waals surface area (Å²) in [5.41, 5.74) is 16.9. The number of hydrogen-bond acceptors (Lipinski definition) is 6. The maximum Gasteiger partial charge on any atom is 0.163 e. The second-order valence-corrected chi connectivity index (χ2v) is 14.7. The van der Waals surface area contributed by atoms with Crippen LogP contribution in [0, 0.1) is 6.92 Å². The van der Waals surface area contributed by atoms with Crippen molar-refractivity contribution in [2.75, 3.05) is 0 Å². The van der Waals surface area contributed by atoms with E-state index in [4.69, 9.17) is 18.8 Å². The summed E-state index contributed by atoms with van der Waals surface area (Å²) >= 11 is 0. The first-order valence-electron chi connectivity index (χ1n) is 19.1. The third-order valence-electron chi connectivity index (χ3n) is 11.5. The van der Waals surface area contributed by atoms with E-state index in [2.05, 4.69) is 121 Å². The lowest BCUT2D eigenvalue weighted by atomic mass is 9.86. The van der Waals surface area contributed by atoms with Gasteiger partial charge in [0.2, 0.25) is 0 Å². The van der Waals surface area contributed by atoms with Gasteiger partial charge in [-0.25, -0.2) is 15.0 Å². The molecule has 6 aromatic carbocycles. The Kier molecular flexibility index (Phi) is 7.14. The Morgan fingerprint density at radius 1 is 0.655 bits per heavy atom. The second kappa shape index (κ2) is 12.4. The fourth-order valence-electron chi connectivity index (χ4n) is 9.02. The highest BCUT2D eigenvalue weighted by Gasteiger charge is 2.34. The number of para-hydroxylation sites is 2. The van der Waals surface area contributed by atoms with Crippen molar-refractivity contribution in [3.05, 3.63) is 161 Å². The molecule has 3 aromatic heterocycles. The van der Waals surface area contributed by atoms with E-state index in [1.165, 1.54) is 33.4 Å². The summed E-state index contributed by atoms with van der Waals surface area (Å²) in [6.45, 7) is 5.17. The van der Waals surface area contributed by atoms with Gasteiger partial charge in [-0.05, 0) is 94.8 Å². The Balaban J connectivity index is 1.09. The van der Waals surface area contributed by atoms with Crippen molar-refractivity contribution >= 4 is 44.7 Å². The van der Waals surface area contributed by atoms with Crippen molar-refractivity contribution in [1.29, 1.82) is 0 Å². The number of aromatic nitrogens is 3. The average molecular weight is 713 g/mol. The highest BCUT2D eigenvalue weighted by Crippen LogP contribution is 2.53. The van der Waals surface area contributed by atoms with Crippen molar-refractivity contribution in [2.45, 2.75) is 39.2 Å². The zero-order valence-corrected chi connectivity index (χ0v) is 30.6. The maximum atomic E-state index is 6.29. The third kappa shape index (κ3) is 4.98. The molecule has 0 bridgehead atoms. The molecular formula is C49H36N4O2. The van der Waals surface area contributed by atoms with E-state index in [-0.39, 0.29) is 0 Å². The van der Waals surface area contributed by atoms with Crippen LogP contribution >= 0.6 is 0 Å². The van der Waals surface area contributed by atoms with Crippen LogP contribution in [0.2, 0.25) is 0 Å². The van der Waals surface area contributed by atoms with Crippen LogP contribution in [0.5, 0.6) is 0 Å². The number of nitrogens with one attached hydrogen (secondary N) is 1. The number of benzene rings is 6. The van der Waals surface area contributed by atoms with Crippen LogP contribution in [-0.4, -0.2) is 15.0 Å². The molecule has 1 aliphatic carbocycles. The summed E-state index contributed by atoms with van der Waals surface area (Å²) in [7, 11) is 0. The fourth-order valence-corrected chi connectivity index (χ4v) is 9.02. The van der Waals surface area contributed by atoms with E-state index in [0.717, 1.165) is 85.0 Å². The summed E-state index contributed by atoms with van der Waals surface area (Å²) in [4.78, 5) is 14.5. The van der Waals surface area contributed by atoms with Gasteiger partial charge in [0.25, 0.3) is 0 Å². The van der Waals surface area contributed by atoms with Crippen LogP contribution in [0.1, 0.15) is 59.3 Å². The molecule has 0 radical (unpaired) electrons. The molecule has 1 atom stereocenters. The van der Waals surface area contributed by atoms with Gasteiger partial charge in [0.15, 0.2) is 11.6 Å². The van der Waals surface area contributed by atoms with Gasteiger partial charge in [-0.2, -0.15) is 0 Å². The number of aryl methyl sites for hydroxylation is 1. The van der Waals surface area contributed by atoms with Gasteiger partial charge in [0.1, 0.15) is 28.8 Å². The maximum absolute atomic E-state index is 6.29. The van der Waals surface area contributed by atoms with Crippen molar-refractivity contribution in [3.63, 3.8) is 0 Å². The van der Waals surface area contributed by atoms with Crippen LogP contribution in [0.3, 0.4) is 0 Å². The number of hydrogen-bond donors (Lipinski definition) is 1. The molecule has 0 spiro atoms. The van der Waals surface area contributed by atoms with Gasteiger partial charge in [-0.1, -0.05) is 98.3 Å². The molecule has 6 heteroatoms. The number of fused-ring (bicyclic) bond motifs is 9. The number of rotatable bonds is 6. The van der Waals surface area contributed by atoms with Crippen molar-refractivity contribution in [1.82, 2.24) is 20.3 Å². The molecule has 0 saturated carbocycles. The van der Waals surface area contributed by atoms with E-state index in [9.17, 15) is 0 Å². The minimum atomic E-state index is 0.300. The first-order valence-corrected chi connectivity index (χ1v) is 19.1. The molecule has 0 amide bonds. The lowest BCUT2D eigenvalue weighted by Crippen LogP contribution is -2.16. The van der Waals surface area contributed by atoms with Gasteiger partial charge >= 0.3 is 0 Å². The summed E-state index contributed by atoms with van der Waals surface area (Å²) in [5, 5.41) is 7.08. The molecule has 0 saturated heterocycles. The normalized spacial score (nSPS) is 14.5. The molecule has 6 nitrogen and oxygen atoms in total. The fraction of sp³-hybridized carbons (Fsp3) is 0.122. The molecule has 1 aliphatic heterocycles. The third-order valence-corrected chi connectivity index (χ3v) is 11.5. The largest absolute Gasteiger partial charge is 0.459 e. The lowest BCUT2D eigenvalue weighted by molar-refractivity contribution is 0.535. The summed E-state index contributed by atoms with van der Waals surface area (Å²) < 4.78 is 12.5. The SMILES string of the molecule is CCCC1c2cc(-c3ccccc3-c3ncnc(-c4ccc5c(c4)oc4ccccc45)n3)cc(C3=Cc4c(oc5ccccc45)CN3)c2-c2cccc(C)c21. The van der Waals surface area contributed by atoms with Gasteiger partial charge in [-0.15, -0.1) is 0 Å². The molecule has 55 heavy (non-hydrogen) atoms. The van der Waals surface area contributed by atoms with Gasteiger partial charge < -0.3 is 14.2 Å². The van der Waals surface area contributed by atoms with Crippen LogP contribution < -0.4 is 5.32 Å². The monoisotopic (exact) mass is 712 g/mol. The average Bonchev–Trinajstić information content (AvgIpc) is 3.90. The van der Waals surface area contributed by atoms with Crippen molar-refractivity contribution in [2.24, 2.45) is 0 Å². The zero-order valence-electron chi connectivity index (χ0n) is 30.6. The Labute approximate surface area is 318 Å². The van der Waals surface area contributed by atoms with E-state index in [0.29, 0.717) is 24.1 Å². The summed E-state index contributed by atoms with van der Waals surface area (Å²) in [6.07, 6.45) is 6.07. The molecule has 11 rings (SSSR count). The molecule has 4 heterocycles. The van der Waals surface area contributed by atoms with Crippen LogP contribution in [0.25, 0.3) is 89.7 Å². The van der Waals surface area contributed by atoms with E-state index in [1.54, 1.807) is 6.33 Å². The number of nitrogens with zero attached hydrogens (tertiary/aromatic N) is 3. The second-order valence-electron chi connectivity index (χ2n) is 14.7. The predicted octanol–water partition coefficient (Wildman–Crippen LogP) is 12.3. The molecule has 2 aliphatic rings. The molecule has 1 unspecified atom stereocenters. The Bertz CT molecular complexity index is 3040. The zero-order chi connectivity index (χ0) is 36.6. The summed E-state index contributed by atoms with van der Waals surface area (Å²) in [5.74, 6) is 2.49. The quantitative estimate of drug-likeness (QED) is 0.185. The standard InChI is InChI=1S/C49H36N4O2/c1-3-11-35-39-22-30(23-40(47(39)37-17-10-12-28(2)46(35)37)41-25-38-33-15-7-9-19-43(33)55-45(38)26-50-41)31-13-4-5-16-36(31)49-52-27-51-48(53-49)29-20-21-34-32-14-6-8-18-42(32)54-44(34)24-29/h4-10,12-25,27,35,50H,3,11,26H2,1-2H3. The van der Waals surface area contributed by atoms with Gasteiger partial charge in [0, 0.05) is 50.0 Å². The summed E-state index contributed by atoms with van der Waals surface area (Å²) in [6, 6.07) is 42.7. The Hall–Kier alpha value is -6.79. The smallest absolute Gasteiger partial charge is 0.163 e. The number of furan rings is 2. The van der Waals surface area contributed by atoms with E-state index >= 15 is 0 Å². The topological polar surface area (TPSA) is 77.0 Å². The van der Waals surface area contributed by atoms with E-state index in [1.807, 2.05) is 30.3 Å². The highest BCUT2D eigenvalue weighted by molar-refractivity contribution is 6.06. The molecular weight excluding hydrogens is 677 g/mol. The van der Waals surface area contributed by atoms with Gasteiger partial charge in [-0.3, -0.25) is 0 Å². The molecule has 1 N–H and O–H groups in total. The van der Waals surface area contributed by atoms with Crippen molar-refractivity contribution in [3.8, 4) is 45.0 Å². The van der Waals surface area contributed by atoms with Gasteiger partial charge in [0.05, 0.1) is 6.54 Å². The molecule has 264 valence electrons. The first-order chi connectivity index (χ1) is 27.1. The predicted molar refractivity (Wildman–Crippen MR) is 221 cm³/mol. The molecule has 9 aromatic rings. The van der Waals surface area contributed by atoms with Crippen LogP contribution in [-0.2, 0) is 6.54 Å². The minimum Gasteiger partial charge on any atom is -0.459 e. The lowest BCUT2D eigenvalue weighted by Gasteiger charge is -2.22. The van der Waals surface area contributed by atoms with Crippen molar-refractivity contribution < 1.29 is 8.83 Å². The van der Waals surface area contributed by atoms with Crippen LogP contribution in [0.4, 0.5) is 0 Å². The Morgan fingerprint density at radius 3 is 2.27 bits per heavy atom. The molecule has 0 fully saturated rings. The first kappa shape index (κ1) is 31.7. The Morgan fingerprint density at radius 2 is 1.40 bits per heavy atom.